The van der Waals surface area contributed by atoms with Gasteiger partial charge in [-0.2, -0.15) is 0 Å². The Balaban J connectivity index is 0.00000420. The highest BCUT2D eigenvalue weighted by atomic mass is 127. The van der Waals surface area contributed by atoms with Crippen molar-refractivity contribution in [3.63, 3.8) is 0 Å². The first-order chi connectivity index (χ1) is 13.7. The number of nitrogens with one attached hydrogen (secondary N) is 2. The molecule has 1 aromatic rings. The Kier molecular flexibility index (Phi) is 13.2. The van der Waals surface area contributed by atoms with Crippen LogP contribution < -0.4 is 15.4 Å². The molecule has 0 spiro atoms. The molecule has 2 rings (SSSR count). The minimum Gasteiger partial charge on any atom is -0.496 e. The molecule has 1 aliphatic rings. The predicted molar refractivity (Wildman–Crippen MR) is 128 cm³/mol. The lowest BCUT2D eigenvalue weighted by atomic mass is 10.0. The number of para-hydroxylation sites is 1. The van der Waals surface area contributed by atoms with Gasteiger partial charge in [0.15, 0.2) is 5.96 Å². The van der Waals surface area contributed by atoms with E-state index in [9.17, 15) is 0 Å². The summed E-state index contributed by atoms with van der Waals surface area (Å²) in [6.45, 7) is 10.8. The lowest BCUT2D eigenvalue weighted by molar-refractivity contribution is 0.00751. The lowest BCUT2D eigenvalue weighted by Crippen LogP contribution is -2.52. The molecular formula is C21H37IN4O3. The van der Waals surface area contributed by atoms with Gasteiger partial charge in [-0.1, -0.05) is 32.0 Å². The zero-order valence-corrected chi connectivity index (χ0v) is 20.5. The number of halogens is 1. The SMILES string of the molecule is CN=C(NCCOCc1ccccc1OC)NCC(C(C)C)N1CCOCC1.I. The Labute approximate surface area is 192 Å². The van der Waals surface area contributed by atoms with Crippen LogP contribution in [0.2, 0.25) is 0 Å². The second-order valence-electron chi connectivity index (χ2n) is 7.20. The van der Waals surface area contributed by atoms with Gasteiger partial charge in [0, 0.05) is 44.8 Å². The van der Waals surface area contributed by atoms with Crippen molar-refractivity contribution < 1.29 is 14.2 Å². The van der Waals surface area contributed by atoms with Crippen molar-refractivity contribution in [2.24, 2.45) is 10.9 Å². The summed E-state index contributed by atoms with van der Waals surface area (Å²) in [5.41, 5.74) is 1.05. The number of benzene rings is 1. The molecule has 1 saturated heterocycles. The molecule has 166 valence electrons. The van der Waals surface area contributed by atoms with E-state index in [1.807, 2.05) is 24.3 Å². The summed E-state index contributed by atoms with van der Waals surface area (Å²) in [7, 11) is 3.47. The molecule has 1 heterocycles. The summed E-state index contributed by atoms with van der Waals surface area (Å²) in [6.07, 6.45) is 0. The number of aliphatic imine (C=N–C) groups is 1. The molecule has 1 aromatic carbocycles. The third-order valence-electron chi connectivity index (χ3n) is 4.98. The fraction of sp³-hybridized carbons (Fsp3) is 0.667. The van der Waals surface area contributed by atoms with Crippen molar-refractivity contribution in [3.8, 4) is 5.75 Å². The number of hydrogen-bond acceptors (Lipinski definition) is 5. The number of hydrogen-bond donors (Lipinski definition) is 2. The number of rotatable bonds is 10. The smallest absolute Gasteiger partial charge is 0.191 e. The molecule has 0 amide bonds. The molecule has 0 bridgehead atoms. The standard InChI is InChI=1S/C21H36N4O3.HI/c1-17(2)19(25-10-13-27-14-11-25)15-24-21(22-3)23-9-12-28-16-18-7-5-6-8-20(18)26-4;/h5-8,17,19H,9-16H2,1-4H3,(H2,22,23,24);1H. The van der Waals surface area contributed by atoms with Gasteiger partial charge in [-0.3, -0.25) is 9.89 Å². The van der Waals surface area contributed by atoms with Crippen LogP contribution in [-0.4, -0.2) is 77.1 Å². The van der Waals surface area contributed by atoms with Crippen LogP contribution in [0.4, 0.5) is 0 Å². The van der Waals surface area contributed by atoms with E-state index in [1.54, 1.807) is 14.2 Å². The average Bonchev–Trinajstić information content (AvgIpc) is 2.73. The number of guanidine groups is 1. The maximum atomic E-state index is 5.77. The van der Waals surface area contributed by atoms with Gasteiger partial charge < -0.3 is 24.8 Å². The lowest BCUT2D eigenvalue weighted by Gasteiger charge is -2.37. The van der Waals surface area contributed by atoms with E-state index in [1.165, 1.54) is 0 Å². The molecule has 1 atom stereocenters. The molecule has 0 saturated carbocycles. The van der Waals surface area contributed by atoms with Gasteiger partial charge in [-0.05, 0) is 12.0 Å². The maximum Gasteiger partial charge on any atom is 0.191 e. The largest absolute Gasteiger partial charge is 0.496 e. The molecule has 0 aliphatic carbocycles. The van der Waals surface area contributed by atoms with Crippen LogP contribution in [0.5, 0.6) is 5.75 Å². The van der Waals surface area contributed by atoms with Crippen molar-refractivity contribution >= 4 is 29.9 Å². The van der Waals surface area contributed by atoms with Crippen molar-refractivity contribution in [3.05, 3.63) is 29.8 Å². The first-order valence-electron chi connectivity index (χ1n) is 10.1. The molecule has 0 aromatic heterocycles. The zero-order valence-electron chi connectivity index (χ0n) is 18.1. The second kappa shape index (κ2) is 14.8. The van der Waals surface area contributed by atoms with Gasteiger partial charge in [0.1, 0.15) is 5.75 Å². The first-order valence-corrected chi connectivity index (χ1v) is 10.1. The Morgan fingerprint density at radius 3 is 2.59 bits per heavy atom. The topological polar surface area (TPSA) is 67.4 Å². The Bertz CT molecular complexity index is 595. The minimum absolute atomic E-state index is 0. The molecule has 1 aliphatic heterocycles. The van der Waals surface area contributed by atoms with Crippen LogP contribution >= 0.6 is 24.0 Å². The highest BCUT2D eigenvalue weighted by Crippen LogP contribution is 2.17. The Hall–Kier alpha value is -1.10. The molecule has 1 unspecified atom stereocenters. The van der Waals surface area contributed by atoms with Crippen LogP contribution in [0.1, 0.15) is 19.4 Å². The molecule has 29 heavy (non-hydrogen) atoms. The summed E-state index contributed by atoms with van der Waals surface area (Å²) in [5, 5.41) is 6.78. The first kappa shape index (κ1) is 25.9. The van der Waals surface area contributed by atoms with Gasteiger partial charge in [0.25, 0.3) is 0 Å². The van der Waals surface area contributed by atoms with Crippen LogP contribution in [-0.2, 0) is 16.1 Å². The van der Waals surface area contributed by atoms with Crippen LogP contribution in [0.3, 0.4) is 0 Å². The minimum atomic E-state index is 0. The van der Waals surface area contributed by atoms with Crippen LogP contribution in [0.25, 0.3) is 0 Å². The van der Waals surface area contributed by atoms with Gasteiger partial charge in [0.05, 0.1) is 33.5 Å². The Morgan fingerprint density at radius 1 is 1.21 bits per heavy atom. The monoisotopic (exact) mass is 520 g/mol. The van der Waals surface area contributed by atoms with Crippen molar-refractivity contribution in [1.29, 1.82) is 0 Å². The van der Waals surface area contributed by atoms with Crippen LogP contribution in [0, 0.1) is 5.92 Å². The molecular weight excluding hydrogens is 483 g/mol. The number of nitrogens with zero attached hydrogens (tertiary/aromatic N) is 2. The number of morpholine rings is 1. The van der Waals surface area contributed by atoms with E-state index in [4.69, 9.17) is 14.2 Å². The molecule has 0 radical (unpaired) electrons. The third-order valence-corrected chi connectivity index (χ3v) is 4.98. The van der Waals surface area contributed by atoms with Crippen molar-refractivity contribution in [1.82, 2.24) is 15.5 Å². The van der Waals surface area contributed by atoms with E-state index in [-0.39, 0.29) is 24.0 Å². The number of methoxy groups -OCH3 is 1. The van der Waals surface area contributed by atoms with E-state index in [0.717, 1.165) is 50.1 Å². The molecule has 7 nitrogen and oxygen atoms in total. The number of ether oxygens (including phenoxy) is 3. The van der Waals surface area contributed by atoms with E-state index >= 15 is 0 Å². The van der Waals surface area contributed by atoms with Crippen LogP contribution in [0.15, 0.2) is 29.3 Å². The van der Waals surface area contributed by atoms with Gasteiger partial charge >= 0.3 is 0 Å². The second-order valence-corrected chi connectivity index (χ2v) is 7.20. The predicted octanol–water partition coefficient (Wildman–Crippen LogP) is 2.35. The average molecular weight is 520 g/mol. The van der Waals surface area contributed by atoms with E-state index in [2.05, 4.69) is 34.4 Å². The molecule has 1 fully saturated rings. The molecule has 8 heteroatoms. The van der Waals surface area contributed by atoms with Gasteiger partial charge in [-0.15, -0.1) is 24.0 Å². The molecule has 2 N–H and O–H groups in total. The van der Waals surface area contributed by atoms with Gasteiger partial charge in [0.2, 0.25) is 0 Å². The summed E-state index contributed by atoms with van der Waals surface area (Å²) < 4.78 is 16.6. The fourth-order valence-electron chi connectivity index (χ4n) is 3.36. The summed E-state index contributed by atoms with van der Waals surface area (Å²) in [5.74, 6) is 2.23. The Morgan fingerprint density at radius 2 is 1.93 bits per heavy atom. The summed E-state index contributed by atoms with van der Waals surface area (Å²) in [4.78, 5) is 6.83. The van der Waals surface area contributed by atoms with Gasteiger partial charge in [-0.25, -0.2) is 0 Å². The highest BCUT2D eigenvalue weighted by Gasteiger charge is 2.23. The quantitative estimate of drug-likeness (QED) is 0.214. The van der Waals surface area contributed by atoms with Crippen molar-refractivity contribution in [2.45, 2.75) is 26.5 Å². The van der Waals surface area contributed by atoms with E-state index in [0.29, 0.717) is 31.7 Å². The maximum absolute atomic E-state index is 5.77. The third kappa shape index (κ3) is 9.06. The van der Waals surface area contributed by atoms with E-state index < -0.39 is 0 Å². The summed E-state index contributed by atoms with van der Waals surface area (Å²) in [6, 6.07) is 8.38. The zero-order chi connectivity index (χ0) is 20.2. The van der Waals surface area contributed by atoms with Crippen molar-refractivity contribution in [2.75, 3.05) is 60.2 Å². The fourth-order valence-corrected chi connectivity index (χ4v) is 3.36. The normalized spacial score (nSPS) is 16.2. The highest BCUT2D eigenvalue weighted by molar-refractivity contribution is 14.0. The summed E-state index contributed by atoms with van der Waals surface area (Å²) >= 11 is 0.